The van der Waals surface area contributed by atoms with Gasteiger partial charge in [-0.2, -0.15) is 9.78 Å². The molecule has 1 aliphatic carbocycles. The van der Waals surface area contributed by atoms with Crippen molar-refractivity contribution in [3.63, 3.8) is 0 Å². The summed E-state index contributed by atoms with van der Waals surface area (Å²) < 4.78 is 14.4. The second-order valence-electron chi connectivity index (χ2n) is 8.65. The fraction of sp³-hybridized carbons (Fsp3) is 0.385. The minimum Gasteiger partial charge on any atom is -0.477 e. The first kappa shape index (κ1) is 27.0. The number of fused-ring (bicyclic) bond motifs is 1. The number of ether oxygens (including phenoxy) is 2. The second kappa shape index (κ2) is 12.0. The number of halogens is 3. The van der Waals surface area contributed by atoms with Crippen molar-refractivity contribution in [2.75, 3.05) is 6.61 Å². The molecule has 0 amide bonds. The Bertz CT molecular complexity index is 1340. The molecular weight excluding hydrogens is 658 g/mol. The quantitative estimate of drug-likeness (QED) is 0.199. The number of benzene rings is 2. The highest BCUT2D eigenvalue weighted by Gasteiger charge is 2.23. The summed E-state index contributed by atoms with van der Waals surface area (Å²) in [4.78, 5) is 30.3. The van der Waals surface area contributed by atoms with Gasteiger partial charge in [0, 0.05) is 10.4 Å². The molecule has 0 radical (unpaired) electrons. The van der Waals surface area contributed by atoms with E-state index < -0.39 is 12.1 Å². The van der Waals surface area contributed by atoms with Crippen molar-refractivity contribution in [3.8, 4) is 5.75 Å². The highest BCUT2D eigenvalue weighted by atomic mass is 79.9. The molecule has 1 fully saturated rings. The van der Waals surface area contributed by atoms with Gasteiger partial charge in [-0.1, -0.05) is 35.2 Å². The third kappa shape index (κ3) is 6.08. The summed E-state index contributed by atoms with van der Waals surface area (Å²) in [5.41, 5.74) is 1.22. The normalized spacial score (nSPS) is 15.4. The van der Waals surface area contributed by atoms with Crippen LogP contribution in [0.5, 0.6) is 5.75 Å². The van der Waals surface area contributed by atoms with E-state index in [1.807, 2.05) is 24.3 Å². The smallest absolute Gasteiger partial charge is 0.347 e. The molecule has 190 valence electrons. The highest BCUT2D eigenvalue weighted by molar-refractivity contribution is 9.11. The van der Waals surface area contributed by atoms with E-state index in [9.17, 15) is 9.59 Å². The van der Waals surface area contributed by atoms with E-state index in [1.165, 1.54) is 11.1 Å². The van der Waals surface area contributed by atoms with Crippen LogP contribution in [0.3, 0.4) is 0 Å². The van der Waals surface area contributed by atoms with Crippen LogP contribution in [0.4, 0.5) is 0 Å². The summed E-state index contributed by atoms with van der Waals surface area (Å²) >= 11 is 10.5. The average molecular weight is 684 g/mol. The van der Waals surface area contributed by atoms with Gasteiger partial charge in [-0.15, -0.1) is 0 Å². The molecule has 1 aliphatic rings. The fourth-order valence-electron chi connectivity index (χ4n) is 4.28. The van der Waals surface area contributed by atoms with E-state index in [2.05, 4.69) is 52.9 Å². The van der Waals surface area contributed by atoms with E-state index in [0.717, 1.165) is 35.7 Å². The Hall–Kier alpha value is -2.04. The second-order valence-corrected chi connectivity index (χ2v) is 11.3. The molecule has 0 saturated heterocycles. The van der Waals surface area contributed by atoms with Gasteiger partial charge in [0.25, 0.3) is 5.56 Å². The van der Waals surface area contributed by atoms with Crippen LogP contribution in [-0.4, -0.2) is 34.6 Å². The lowest BCUT2D eigenvalue weighted by Gasteiger charge is -2.22. The molecule has 4 rings (SSSR count). The summed E-state index contributed by atoms with van der Waals surface area (Å²) in [6.45, 7) is 3.67. The fourth-order valence-corrected chi connectivity index (χ4v) is 6.05. The Morgan fingerprint density at radius 1 is 1.17 bits per heavy atom. The lowest BCUT2D eigenvalue weighted by atomic mass is 9.88. The largest absolute Gasteiger partial charge is 0.477 e. The van der Waals surface area contributed by atoms with Gasteiger partial charge in [-0.25, -0.2) is 9.78 Å². The Labute approximate surface area is 234 Å². The van der Waals surface area contributed by atoms with Crippen molar-refractivity contribution in [1.82, 2.24) is 9.66 Å². The van der Waals surface area contributed by atoms with Crippen molar-refractivity contribution >= 4 is 70.9 Å². The summed E-state index contributed by atoms with van der Waals surface area (Å²) in [5.74, 6) is 0.930. The predicted molar refractivity (Wildman–Crippen MR) is 151 cm³/mol. The first-order chi connectivity index (χ1) is 17.3. The Morgan fingerprint density at radius 3 is 2.53 bits per heavy atom. The van der Waals surface area contributed by atoms with Crippen molar-refractivity contribution in [3.05, 3.63) is 65.5 Å². The third-order valence-electron chi connectivity index (χ3n) is 6.06. The van der Waals surface area contributed by atoms with Crippen molar-refractivity contribution < 1.29 is 14.3 Å². The van der Waals surface area contributed by atoms with Gasteiger partial charge in [0.2, 0.25) is 0 Å². The van der Waals surface area contributed by atoms with E-state index in [1.54, 1.807) is 26.1 Å². The number of hydrogen-bond donors (Lipinski definition) is 0. The van der Waals surface area contributed by atoms with Crippen LogP contribution < -0.4 is 10.3 Å². The molecule has 7 nitrogen and oxygen atoms in total. The van der Waals surface area contributed by atoms with Gasteiger partial charge in [-0.3, -0.25) is 4.79 Å². The van der Waals surface area contributed by atoms with Crippen LogP contribution in [-0.2, 0) is 9.53 Å². The highest BCUT2D eigenvalue weighted by Crippen LogP contribution is 2.36. The van der Waals surface area contributed by atoms with Crippen LogP contribution in [0.25, 0.3) is 10.9 Å². The van der Waals surface area contributed by atoms with E-state index in [4.69, 9.17) is 14.5 Å². The average Bonchev–Trinajstić information content (AvgIpc) is 2.86. The van der Waals surface area contributed by atoms with E-state index >= 15 is 0 Å². The van der Waals surface area contributed by atoms with Crippen LogP contribution in [0, 0.1) is 0 Å². The minimum absolute atomic E-state index is 0.190. The minimum atomic E-state index is -0.767. The lowest BCUT2D eigenvalue weighted by molar-refractivity contribution is -0.150. The molecule has 1 saturated carbocycles. The van der Waals surface area contributed by atoms with Crippen molar-refractivity contribution in [1.29, 1.82) is 0 Å². The summed E-state index contributed by atoms with van der Waals surface area (Å²) in [6, 6.07) is 9.18. The van der Waals surface area contributed by atoms with E-state index in [-0.39, 0.29) is 18.1 Å². The van der Waals surface area contributed by atoms with Gasteiger partial charge < -0.3 is 9.47 Å². The summed E-state index contributed by atoms with van der Waals surface area (Å²) in [5, 5.41) is 5.12. The molecule has 3 aromatic rings. The Balaban J connectivity index is 1.70. The van der Waals surface area contributed by atoms with Crippen LogP contribution in [0.1, 0.15) is 63.3 Å². The summed E-state index contributed by atoms with van der Waals surface area (Å²) in [6.07, 6.45) is 6.29. The molecule has 0 unspecified atom stereocenters. The number of carbonyl (C=O) groups excluding carboxylic acids is 1. The zero-order valence-corrected chi connectivity index (χ0v) is 24.7. The van der Waals surface area contributed by atoms with Crippen LogP contribution in [0.2, 0.25) is 0 Å². The first-order valence-corrected chi connectivity index (χ1v) is 14.2. The van der Waals surface area contributed by atoms with Crippen molar-refractivity contribution in [2.24, 2.45) is 5.10 Å². The Kier molecular flexibility index (Phi) is 9.00. The zero-order valence-electron chi connectivity index (χ0n) is 20.0. The number of esters is 1. The van der Waals surface area contributed by atoms with Crippen LogP contribution >= 0.6 is 47.8 Å². The monoisotopic (exact) mass is 681 g/mol. The molecule has 2 aromatic carbocycles. The Morgan fingerprint density at radius 2 is 1.86 bits per heavy atom. The molecule has 36 heavy (non-hydrogen) atoms. The number of carbonyl (C=O) groups is 1. The predicted octanol–water partition coefficient (Wildman–Crippen LogP) is 6.94. The number of nitrogens with zero attached hydrogens (tertiary/aromatic N) is 3. The van der Waals surface area contributed by atoms with Crippen LogP contribution in [0.15, 0.2) is 53.6 Å². The van der Waals surface area contributed by atoms with Crippen molar-refractivity contribution in [2.45, 2.75) is 58.0 Å². The maximum absolute atomic E-state index is 13.5. The topological polar surface area (TPSA) is 82.8 Å². The molecule has 0 aliphatic heterocycles. The van der Waals surface area contributed by atoms with Gasteiger partial charge in [-0.05, 0) is 94.4 Å². The molecule has 0 spiro atoms. The number of rotatable bonds is 7. The van der Waals surface area contributed by atoms with Gasteiger partial charge in [0.1, 0.15) is 11.6 Å². The zero-order chi connectivity index (χ0) is 25.8. The molecule has 0 N–H and O–H groups in total. The molecule has 10 heteroatoms. The molecule has 1 aromatic heterocycles. The maximum Gasteiger partial charge on any atom is 0.347 e. The molecular formula is C26H26Br3N3O4. The first-order valence-electron chi connectivity index (χ1n) is 11.9. The van der Waals surface area contributed by atoms with Gasteiger partial charge in [0.15, 0.2) is 6.10 Å². The van der Waals surface area contributed by atoms with Gasteiger partial charge >= 0.3 is 5.97 Å². The molecule has 0 bridgehead atoms. The maximum atomic E-state index is 13.5. The molecule has 1 heterocycles. The molecule has 1 atom stereocenters. The van der Waals surface area contributed by atoms with E-state index in [0.29, 0.717) is 31.4 Å². The number of hydrogen-bond acceptors (Lipinski definition) is 6. The standard InChI is InChI=1S/C26H26Br3N3O4/c1-3-35-26(34)15(2)36-23-20(28)11-16(12-21(23)29)14-30-32-24(17-7-5-4-6-8-17)31-22-10-9-18(27)13-19(22)25(32)33/h9-15,17H,3-8H2,1-2H3/t15-/m1/s1. The van der Waals surface area contributed by atoms with Gasteiger partial charge in [0.05, 0.1) is 32.7 Å². The number of aromatic nitrogens is 2. The summed E-state index contributed by atoms with van der Waals surface area (Å²) in [7, 11) is 0. The lowest BCUT2D eigenvalue weighted by Crippen LogP contribution is -2.26. The third-order valence-corrected chi connectivity index (χ3v) is 7.73. The SMILES string of the molecule is CCOC(=O)[C@@H](C)Oc1c(Br)cc(C=Nn2c(C3CCCCC3)nc3ccc(Br)cc3c2=O)cc1Br.